The van der Waals surface area contributed by atoms with Crippen LogP contribution in [0.4, 0.5) is 5.69 Å². The summed E-state index contributed by atoms with van der Waals surface area (Å²) in [5.41, 5.74) is 7.54. The van der Waals surface area contributed by atoms with Crippen molar-refractivity contribution in [2.45, 2.75) is 13.8 Å². The number of aliphatic carboxylic acids is 1. The van der Waals surface area contributed by atoms with Gasteiger partial charge >= 0.3 is 5.97 Å². The van der Waals surface area contributed by atoms with Crippen LogP contribution in [-0.2, 0) is 4.79 Å². The second-order valence-electron chi connectivity index (χ2n) is 5.69. The number of nitrogen functional groups attached to an aromatic ring is 1. The van der Waals surface area contributed by atoms with Gasteiger partial charge < -0.3 is 29.8 Å². The zero-order chi connectivity index (χ0) is 20.7. The van der Waals surface area contributed by atoms with Gasteiger partial charge in [-0.15, -0.1) is 0 Å². The van der Waals surface area contributed by atoms with Gasteiger partial charge in [-0.2, -0.15) is 0 Å². The molecule has 7 heteroatoms. The molecular weight excluding hydrogens is 362 g/mol. The van der Waals surface area contributed by atoms with Crippen LogP contribution in [0.2, 0.25) is 0 Å². The molecule has 0 aromatic heterocycles. The zero-order valence-electron chi connectivity index (χ0n) is 16.4. The highest BCUT2D eigenvalue weighted by Gasteiger charge is 2.17. The first-order chi connectivity index (χ1) is 13.5. The number of carboxylic acids is 1. The molecule has 7 nitrogen and oxygen atoms in total. The standard InChI is InChI=1S/C21H25NO6/c1-5-27-18-12-13(7-9-16(18)25-3)15(21(23)24)11-14-8-10-17(26-4)20(19(14)22)28-6-2/h7-12H,5-6,22H2,1-4H3,(H,23,24)/b15-11+. The summed E-state index contributed by atoms with van der Waals surface area (Å²) in [5, 5.41) is 9.76. The summed E-state index contributed by atoms with van der Waals surface area (Å²) in [5.74, 6) is 0.760. The summed E-state index contributed by atoms with van der Waals surface area (Å²) in [6, 6.07) is 8.33. The molecule has 150 valence electrons. The fourth-order valence-corrected chi connectivity index (χ4v) is 2.71. The van der Waals surface area contributed by atoms with Crippen molar-refractivity contribution in [3.63, 3.8) is 0 Å². The molecule has 0 spiro atoms. The normalized spacial score (nSPS) is 11.1. The quantitative estimate of drug-likeness (QED) is 0.384. The van der Waals surface area contributed by atoms with Gasteiger partial charge in [-0.05, 0) is 49.8 Å². The second-order valence-corrected chi connectivity index (χ2v) is 5.69. The van der Waals surface area contributed by atoms with E-state index in [9.17, 15) is 9.90 Å². The number of nitrogens with two attached hydrogens (primary N) is 1. The van der Waals surface area contributed by atoms with Crippen LogP contribution in [-0.4, -0.2) is 38.5 Å². The Morgan fingerprint density at radius 2 is 1.64 bits per heavy atom. The summed E-state index contributed by atoms with van der Waals surface area (Å²) in [7, 11) is 3.04. The molecule has 2 aromatic rings. The topological polar surface area (TPSA) is 100 Å². The van der Waals surface area contributed by atoms with E-state index in [1.807, 2.05) is 13.8 Å². The lowest BCUT2D eigenvalue weighted by Gasteiger charge is -2.15. The minimum atomic E-state index is -1.10. The molecule has 0 fully saturated rings. The van der Waals surface area contributed by atoms with Crippen LogP contribution >= 0.6 is 0 Å². The van der Waals surface area contributed by atoms with E-state index in [1.54, 1.807) is 30.3 Å². The highest BCUT2D eigenvalue weighted by molar-refractivity contribution is 6.21. The van der Waals surface area contributed by atoms with Gasteiger partial charge in [0.05, 0.1) is 38.7 Å². The van der Waals surface area contributed by atoms with Gasteiger partial charge in [-0.1, -0.05) is 6.07 Å². The molecule has 2 rings (SSSR count). The van der Waals surface area contributed by atoms with Gasteiger partial charge in [0.1, 0.15) is 0 Å². The van der Waals surface area contributed by atoms with Crippen molar-refractivity contribution in [3.8, 4) is 23.0 Å². The number of hydrogen-bond donors (Lipinski definition) is 2. The minimum Gasteiger partial charge on any atom is -0.493 e. The van der Waals surface area contributed by atoms with Gasteiger partial charge in [0.2, 0.25) is 0 Å². The Hall–Kier alpha value is -3.35. The Morgan fingerprint density at radius 3 is 2.21 bits per heavy atom. The first-order valence-electron chi connectivity index (χ1n) is 8.82. The van der Waals surface area contributed by atoms with Gasteiger partial charge in [0.25, 0.3) is 0 Å². The van der Waals surface area contributed by atoms with Crippen molar-refractivity contribution in [1.29, 1.82) is 0 Å². The third-order valence-electron chi connectivity index (χ3n) is 4.01. The Labute approximate surface area is 164 Å². The maximum absolute atomic E-state index is 11.9. The molecule has 0 heterocycles. The SMILES string of the molecule is CCOc1cc(/C(=C\c2ccc(OC)c(OCC)c2N)C(=O)O)ccc1OC. The van der Waals surface area contributed by atoms with Gasteiger partial charge in [0.15, 0.2) is 23.0 Å². The van der Waals surface area contributed by atoms with E-state index in [0.717, 1.165) is 0 Å². The van der Waals surface area contributed by atoms with E-state index >= 15 is 0 Å². The Bertz CT molecular complexity index is 875. The molecule has 2 aromatic carbocycles. The van der Waals surface area contributed by atoms with E-state index in [0.29, 0.717) is 53.0 Å². The molecule has 0 atom stereocenters. The number of rotatable bonds is 9. The van der Waals surface area contributed by atoms with Crippen LogP contribution in [0, 0.1) is 0 Å². The van der Waals surface area contributed by atoms with Crippen LogP contribution in [0.25, 0.3) is 11.6 Å². The molecule has 0 bridgehead atoms. The fourth-order valence-electron chi connectivity index (χ4n) is 2.71. The van der Waals surface area contributed by atoms with E-state index in [2.05, 4.69) is 0 Å². The molecular formula is C21H25NO6. The van der Waals surface area contributed by atoms with Crippen molar-refractivity contribution < 1.29 is 28.8 Å². The molecule has 0 unspecified atom stereocenters. The largest absolute Gasteiger partial charge is 0.493 e. The Kier molecular flexibility index (Phi) is 7.14. The fraction of sp³-hybridized carbons (Fsp3) is 0.286. The molecule has 0 radical (unpaired) electrons. The van der Waals surface area contributed by atoms with Gasteiger partial charge in [-0.25, -0.2) is 4.79 Å². The molecule has 0 aliphatic heterocycles. The lowest BCUT2D eigenvalue weighted by Crippen LogP contribution is -2.04. The number of anilines is 1. The van der Waals surface area contributed by atoms with Crippen molar-refractivity contribution in [2.75, 3.05) is 33.2 Å². The van der Waals surface area contributed by atoms with Crippen LogP contribution in [0.5, 0.6) is 23.0 Å². The first-order valence-corrected chi connectivity index (χ1v) is 8.82. The smallest absolute Gasteiger partial charge is 0.336 e. The highest BCUT2D eigenvalue weighted by atomic mass is 16.5. The number of carbonyl (C=O) groups is 1. The number of carboxylic acid groups (broad SMARTS) is 1. The average Bonchev–Trinajstić information content (AvgIpc) is 2.68. The molecule has 0 saturated heterocycles. The molecule has 0 aliphatic carbocycles. The molecule has 0 aliphatic rings. The Morgan fingerprint density at radius 1 is 1.00 bits per heavy atom. The lowest BCUT2D eigenvalue weighted by molar-refractivity contribution is -0.130. The van der Waals surface area contributed by atoms with Crippen LogP contribution in [0.15, 0.2) is 30.3 Å². The number of methoxy groups -OCH3 is 2. The van der Waals surface area contributed by atoms with E-state index in [1.165, 1.54) is 20.3 Å². The predicted molar refractivity (Wildman–Crippen MR) is 108 cm³/mol. The van der Waals surface area contributed by atoms with Crippen molar-refractivity contribution in [1.82, 2.24) is 0 Å². The molecule has 0 saturated carbocycles. The summed E-state index contributed by atoms with van der Waals surface area (Å²) in [6.07, 6.45) is 1.50. The summed E-state index contributed by atoms with van der Waals surface area (Å²) in [4.78, 5) is 11.9. The number of benzene rings is 2. The average molecular weight is 387 g/mol. The van der Waals surface area contributed by atoms with E-state index < -0.39 is 5.97 Å². The molecule has 3 N–H and O–H groups in total. The van der Waals surface area contributed by atoms with Crippen molar-refractivity contribution >= 4 is 23.3 Å². The van der Waals surface area contributed by atoms with Crippen LogP contribution in [0.1, 0.15) is 25.0 Å². The summed E-state index contributed by atoms with van der Waals surface area (Å²) < 4.78 is 21.6. The summed E-state index contributed by atoms with van der Waals surface area (Å²) in [6.45, 7) is 4.49. The molecule has 0 amide bonds. The van der Waals surface area contributed by atoms with E-state index in [4.69, 9.17) is 24.7 Å². The third kappa shape index (κ3) is 4.49. The monoisotopic (exact) mass is 387 g/mol. The minimum absolute atomic E-state index is 0.0583. The molecule has 28 heavy (non-hydrogen) atoms. The van der Waals surface area contributed by atoms with Gasteiger partial charge in [0, 0.05) is 5.56 Å². The summed E-state index contributed by atoms with van der Waals surface area (Å²) >= 11 is 0. The zero-order valence-corrected chi connectivity index (χ0v) is 16.4. The highest BCUT2D eigenvalue weighted by Crippen LogP contribution is 2.38. The lowest BCUT2D eigenvalue weighted by atomic mass is 10.0. The van der Waals surface area contributed by atoms with E-state index in [-0.39, 0.29) is 5.57 Å². The second kappa shape index (κ2) is 9.55. The van der Waals surface area contributed by atoms with Crippen molar-refractivity contribution in [2.24, 2.45) is 0 Å². The van der Waals surface area contributed by atoms with Crippen molar-refractivity contribution in [3.05, 3.63) is 41.5 Å². The predicted octanol–water partition coefficient (Wildman–Crippen LogP) is 3.71. The van der Waals surface area contributed by atoms with Crippen LogP contribution < -0.4 is 24.7 Å². The maximum Gasteiger partial charge on any atom is 0.336 e. The number of hydrogen-bond acceptors (Lipinski definition) is 6. The first kappa shape index (κ1) is 21.0. The third-order valence-corrected chi connectivity index (χ3v) is 4.01. The van der Waals surface area contributed by atoms with Gasteiger partial charge in [-0.3, -0.25) is 0 Å². The number of ether oxygens (including phenoxy) is 4. The maximum atomic E-state index is 11.9. The van der Waals surface area contributed by atoms with Crippen LogP contribution in [0.3, 0.4) is 0 Å². The Balaban J connectivity index is 2.59.